The summed E-state index contributed by atoms with van der Waals surface area (Å²) in [4.78, 5) is 49.3. The Balaban J connectivity index is 1.47. The van der Waals surface area contributed by atoms with Crippen LogP contribution in [-0.2, 0) is 11.3 Å². The number of methoxy groups -OCH3 is 1. The summed E-state index contributed by atoms with van der Waals surface area (Å²) in [5.41, 5.74) is 0.469. The van der Waals surface area contributed by atoms with Gasteiger partial charge in [0.05, 0.1) is 25.5 Å². The maximum atomic E-state index is 13.0. The molecule has 1 amide bonds. The molecule has 0 aliphatic carbocycles. The molecule has 3 heterocycles. The molecule has 2 aromatic heterocycles. The first-order valence-corrected chi connectivity index (χ1v) is 11.1. The lowest BCUT2D eigenvalue weighted by atomic mass is 10.1. The number of piperazine rings is 1. The molecule has 0 radical (unpaired) electrons. The number of carbonyl (C=O) groups is 2. The van der Waals surface area contributed by atoms with Crippen LogP contribution in [0.2, 0.25) is 0 Å². The van der Waals surface area contributed by atoms with Crippen LogP contribution in [0.15, 0.2) is 41.5 Å². The molecule has 0 spiro atoms. The van der Waals surface area contributed by atoms with E-state index in [0.717, 1.165) is 5.82 Å². The first-order valence-electron chi connectivity index (χ1n) is 11.1. The van der Waals surface area contributed by atoms with Gasteiger partial charge in [-0.15, -0.1) is 0 Å². The number of rotatable bonds is 5. The van der Waals surface area contributed by atoms with E-state index in [4.69, 9.17) is 9.47 Å². The summed E-state index contributed by atoms with van der Waals surface area (Å²) in [7, 11) is 1.53. The van der Waals surface area contributed by atoms with E-state index in [2.05, 4.69) is 14.9 Å². The molecule has 0 saturated carbocycles. The second-order valence-electron chi connectivity index (χ2n) is 9.20. The molecule has 1 aromatic carbocycles. The van der Waals surface area contributed by atoms with Crippen molar-refractivity contribution in [1.29, 1.82) is 0 Å². The molecule has 34 heavy (non-hydrogen) atoms. The van der Waals surface area contributed by atoms with Gasteiger partial charge in [-0.05, 0) is 32.9 Å². The number of amides is 1. The fourth-order valence-corrected chi connectivity index (χ4v) is 3.80. The Morgan fingerprint density at radius 3 is 2.53 bits per heavy atom. The Bertz CT molecular complexity index is 1260. The molecule has 1 N–H and O–H groups in total. The first kappa shape index (κ1) is 23.3. The van der Waals surface area contributed by atoms with Gasteiger partial charge in [-0.1, -0.05) is 12.1 Å². The van der Waals surface area contributed by atoms with E-state index in [1.165, 1.54) is 18.0 Å². The predicted octanol–water partition coefficient (Wildman–Crippen LogP) is 2.67. The van der Waals surface area contributed by atoms with Crippen LogP contribution in [-0.4, -0.2) is 70.2 Å². The normalized spacial score (nSPS) is 14.4. The molecule has 1 aliphatic rings. The van der Waals surface area contributed by atoms with Crippen LogP contribution >= 0.6 is 0 Å². The van der Waals surface area contributed by atoms with Gasteiger partial charge in [0, 0.05) is 37.8 Å². The van der Waals surface area contributed by atoms with Crippen molar-refractivity contribution in [2.24, 2.45) is 0 Å². The molecule has 4 rings (SSSR count). The quantitative estimate of drug-likeness (QED) is 0.575. The van der Waals surface area contributed by atoms with Crippen molar-refractivity contribution in [2.45, 2.75) is 32.9 Å². The second kappa shape index (κ2) is 9.20. The summed E-state index contributed by atoms with van der Waals surface area (Å²) in [6, 6.07) is 8.63. The number of ether oxygens (including phenoxy) is 2. The minimum Gasteiger partial charge on any atom is -0.497 e. The minimum absolute atomic E-state index is 0.127. The molecule has 1 fully saturated rings. The Kier molecular flexibility index (Phi) is 6.32. The van der Waals surface area contributed by atoms with Crippen molar-refractivity contribution >= 4 is 28.7 Å². The van der Waals surface area contributed by atoms with Crippen molar-refractivity contribution in [2.75, 3.05) is 38.2 Å². The average molecular weight is 468 g/mol. The third-order valence-electron chi connectivity index (χ3n) is 5.57. The molecule has 180 valence electrons. The van der Waals surface area contributed by atoms with Crippen molar-refractivity contribution in [3.05, 3.63) is 52.6 Å². The Morgan fingerprint density at radius 2 is 1.85 bits per heavy atom. The molecular weight excluding hydrogens is 438 g/mol. The van der Waals surface area contributed by atoms with Crippen LogP contribution in [0.4, 0.5) is 10.6 Å². The highest BCUT2D eigenvalue weighted by Crippen LogP contribution is 2.21. The zero-order valence-corrected chi connectivity index (χ0v) is 19.8. The third kappa shape index (κ3) is 5.05. The topological polar surface area (TPSA) is 110 Å². The van der Waals surface area contributed by atoms with Crippen LogP contribution < -0.4 is 15.2 Å². The Hall–Kier alpha value is -3.82. The molecule has 1 aliphatic heterocycles. The van der Waals surface area contributed by atoms with Crippen molar-refractivity contribution in [1.82, 2.24) is 19.4 Å². The number of aromatic amines is 1. The lowest BCUT2D eigenvalue weighted by Crippen LogP contribution is -2.50. The molecular formula is C24H29N5O5. The maximum absolute atomic E-state index is 13.0. The van der Waals surface area contributed by atoms with Gasteiger partial charge in [0.25, 0.3) is 5.56 Å². The minimum atomic E-state index is -0.537. The number of fused-ring (bicyclic) bond motifs is 1. The number of Topliss-reactive ketones (excluding diaryl/α,β-unsaturated/α-hetero) is 1. The number of anilines is 1. The number of H-pyrrole nitrogens is 1. The van der Waals surface area contributed by atoms with E-state index in [9.17, 15) is 14.4 Å². The zero-order chi connectivity index (χ0) is 24.5. The van der Waals surface area contributed by atoms with Crippen LogP contribution in [0, 0.1) is 0 Å². The zero-order valence-electron chi connectivity index (χ0n) is 19.8. The number of hydrogen-bond donors (Lipinski definition) is 1. The third-order valence-corrected chi connectivity index (χ3v) is 5.57. The standard InChI is InChI=1S/C24H29N5O5/c1-24(2,3)34-23(32)28-10-8-27(9-11-28)20-13-18-21(26-20)22(31)29(15-25-18)14-19(30)16-6-5-7-17(12-16)33-4/h5-7,12-13,15,26H,8-11,14H2,1-4H3. The monoisotopic (exact) mass is 467 g/mol. The summed E-state index contributed by atoms with van der Waals surface area (Å²) in [6.45, 7) is 7.61. The number of ketones is 1. The highest BCUT2D eigenvalue weighted by atomic mass is 16.6. The number of hydrogen-bond acceptors (Lipinski definition) is 7. The number of aromatic nitrogens is 3. The van der Waals surface area contributed by atoms with E-state index in [-0.39, 0.29) is 24.0 Å². The summed E-state index contributed by atoms with van der Waals surface area (Å²) in [5, 5.41) is 0. The maximum Gasteiger partial charge on any atom is 0.410 e. The molecule has 0 atom stereocenters. The summed E-state index contributed by atoms with van der Waals surface area (Å²) in [6.07, 6.45) is 1.06. The molecule has 10 heteroatoms. The van der Waals surface area contributed by atoms with Crippen LogP contribution in [0.3, 0.4) is 0 Å². The van der Waals surface area contributed by atoms with Crippen LogP contribution in [0.1, 0.15) is 31.1 Å². The van der Waals surface area contributed by atoms with Gasteiger partial charge >= 0.3 is 6.09 Å². The predicted molar refractivity (Wildman–Crippen MR) is 128 cm³/mol. The highest BCUT2D eigenvalue weighted by molar-refractivity contribution is 5.96. The van der Waals surface area contributed by atoms with Crippen molar-refractivity contribution < 1.29 is 19.1 Å². The largest absolute Gasteiger partial charge is 0.497 e. The molecule has 0 bridgehead atoms. The van der Waals surface area contributed by atoms with Gasteiger partial charge in [0.2, 0.25) is 0 Å². The lowest BCUT2D eigenvalue weighted by Gasteiger charge is -2.36. The number of nitrogens with one attached hydrogen (secondary N) is 1. The van der Waals surface area contributed by atoms with Gasteiger partial charge in [-0.3, -0.25) is 14.2 Å². The van der Waals surface area contributed by atoms with Gasteiger partial charge < -0.3 is 24.3 Å². The van der Waals surface area contributed by atoms with Gasteiger partial charge in [-0.25, -0.2) is 9.78 Å². The van der Waals surface area contributed by atoms with Gasteiger partial charge in [0.15, 0.2) is 5.78 Å². The Labute approximate surface area is 197 Å². The summed E-state index contributed by atoms with van der Waals surface area (Å²) < 4.78 is 11.9. The van der Waals surface area contributed by atoms with Crippen molar-refractivity contribution in [3.63, 3.8) is 0 Å². The second-order valence-corrected chi connectivity index (χ2v) is 9.20. The molecule has 0 unspecified atom stereocenters. The van der Waals surface area contributed by atoms with Crippen LogP contribution in [0.25, 0.3) is 11.0 Å². The molecule has 10 nitrogen and oxygen atoms in total. The highest BCUT2D eigenvalue weighted by Gasteiger charge is 2.26. The average Bonchev–Trinajstić information content (AvgIpc) is 3.25. The molecule has 3 aromatic rings. The van der Waals surface area contributed by atoms with E-state index in [1.807, 2.05) is 26.8 Å². The summed E-state index contributed by atoms with van der Waals surface area (Å²) in [5.74, 6) is 1.11. The smallest absolute Gasteiger partial charge is 0.410 e. The van der Waals surface area contributed by atoms with Gasteiger partial charge in [0.1, 0.15) is 22.7 Å². The Morgan fingerprint density at radius 1 is 1.12 bits per heavy atom. The SMILES string of the molecule is COc1cccc(C(=O)Cn2cnc3cc(N4CCN(C(=O)OC(C)(C)C)CC4)[nH]c3c2=O)c1. The number of carbonyl (C=O) groups excluding carboxylic acids is 2. The van der Waals surface area contributed by atoms with Crippen LogP contribution in [0.5, 0.6) is 5.75 Å². The van der Waals surface area contributed by atoms with Crippen molar-refractivity contribution in [3.8, 4) is 5.75 Å². The fraction of sp³-hybridized carbons (Fsp3) is 0.417. The van der Waals surface area contributed by atoms with Gasteiger partial charge in [-0.2, -0.15) is 0 Å². The van der Waals surface area contributed by atoms with E-state index < -0.39 is 5.60 Å². The number of benzene rings is 1. The lowest BCUT2D eigenvalue weighted by molar-refractivity contribution is 0.0240. The fourth-order valence-electron chi connectivity index (χ4n) is 3.80. The van der Waals surface area contributed by atoms with E-state index in [1.54, 1.807) is 29.2 Å². The van der Waals surface area contributed by atoms with E-state index >= 15 is 0 Å². The number of nitrogens with zero attached hydrogens (tertiary/aromatic N) is 4. The summed E-state index contributed by atoms with van der Waals surface area (Å²) >= 11 is 0. The first-order chi connectivity index (χ1) is 16.1. The molecule has 1 saturated heterocycles. The van der Waals surface area contributed by atoms with E-state index in [0.29, 0.717) is 48.5 Å².